The second-order valence-corrected chi connectivity index (χ2v) is 6.19. The second kappa shape index (κ2) is 7.14. The van der Waals surface area contributed by atoms with Gasteiger partial charge in [-0.15, -0.1) is 0 Å². The van der Waals surface area contributed by atoms with Gasteiger partial charge < -0.3 is 9.88 Å². The molecule has 0 spiro atoms. The number of amides is 1. The molecule has 0 bridgehead atoms. The quantitative estimate of drug-likeness (QED) is 0.598. The van der Waals surface area contributed by atoms with Crippen molar-refractivity contribution in [1.82, 2.24) is 9.55 Å². The Bertz CT molecular complexity index is 1140. The van der Waals surface area contributed by atoms with Gasteiger partial charge in [0.1, 0.15) is 6.07 Å². The summed E-state index contributed by atoms with van der Waals surface area (Å²) in [4.78, 5) is 16.3. The molecule has 4 aromatic rings. The van der Waals surface area contributed by atoms with Crippen LogP contribution in [0.25, 0.3) is 10.9 Å². The van der Waals surface area contributed by atoms with E-state index < -0.39 is 0 Å². The third-order valence-electron chi connectivity index (χ3n) is 4.40. The van der Waals surface area contributed by atoms with Gasteiger partial charge in [0.2, 0.25) is 0 Å². The maximum atomic E-state index is 12.3. The molecule has 2 aromatic heterocycles. The summed E-state index contributed by atoms with van der Waals surface area (Å²) >= 11 is 0. The maximum absolute atomic E-state index is 12.3. The van der Waals surface area contributed by atoms with E-state index in [9.17, 15) is 10.1 Å². The van der Waals surface area contributed by atoms with Crippen molar-refractivity contribution in [3.8, 4) is 6.07 Å². The SMILES string of the molecule is N#Cc1cn(Cc2ccccc2)c2ccc(NC(=O)c3ccncc3)cc12. The first-order chi connectivity index (χ1) is 13.2. The van der Waals surface area contributed by atoms with E-state index in [1.807, 2.05) is 42.6 Å². The Morgan fingerprint density at radius 3 is 2.59 bits per heavy atom. The van der Waals surface area contributed by atoms with Crippen molar-refractivity contribution in [3.05, 3.63) is 95.9 Å². The molecule has 0 aliphatic carbocycles. The number of carbonyl (C=O) groups is 1. The minimum atomic E-state index is -0.209. The number of nitrogens with zero attached hydrogens (tertiary/aromatic N) is 3. The average molecular weight is 352 g/mol. The van der Waals surface area contributed by atoms with Crippen LogP contribution in [-0.4, -0.2) is 15.5 Å². The molecule has 1 amide bonds. The van der Waals surface area contributed by atoms with Crippen LogP contribution in [0.2, 0.25) is 0 Å². The van der Waals surface area contributed by atoms with E-state index in [1.54, 1.807) is 24.5 Å². The van der Waals surface area contributed by atoms with Crippen LogP contribution in [0.15, 0.2) is 79.3 Å². The van der Waals surface area contributed by atoms with Gasteiger partial charge >= 0.3 is 0 Å². The standard InChI is InChI=1S/C22H16N4O/c23-13-18-15-26(14-16-4-2-1-3-5-16)21-7-6-19(12-20(18)21)25-22(27)17-8-10-24-11-9-17/h1-12,15H,14H2,(H,25,27). The van der Waals surface area contributed by atoms with Gasteiger partial charge in [-0.05, 0) is 35.9 Å². The zero-order valence-electron chi connectivity index (χ0n) is 14.5. The normalized spacial score (nSPS) is 10.5. The Labute approximate surface area is 156 Å². The fraction of sp³-hybridized carbons (Fsp3) is 0.0455. The molecule has 5 heteroatoms. The lowest BCUT2D eigenvalue weighted by Crippen LogP contribution is -2.11. The number of nitriles is 1. The van der Waals surface area contributed by atoms with Crippen LogP contribution in [0, 0.1) is 11.3 Å². The molecular formula is C22H16N4O. The highest BCUT2D eigenvalue weighted by Gasteiger charge is 2.11. The zero-order chi connectivity index (χ0) is 18.6. The Hall–Kier alpha value is -3.91. The van der Waals surface area contributed by atoms with Gasteiger partial charge in [0, 0.05) is 47.3 Å². The van der Waals surface area contributed by atoms with E-state index in [4.69, 9.17) is 0 Å². The molecule has 0 radical (unpaired) electrons. The lowest BCUT2D eigenvalue weighted by atomic mass is 10.1. The molecule has 5 nitrogen and oxygen atoms in total. The first kappa shape index (κ1) is 16.6. The number of nitrogens with one attached hydrogen (secondary N) is 1. The topological polar surface area (TPSA) is 70.7 Å². The van der Waals surface area contributed by atoms with Crippen molar-refractivity contribution in [3.63, 3.8) is 0 Å². The maximum Gasteiger partial charge on any atom is 0.255 e. The first-order valence-electron chi connectivity index (χ1n) is 8.53. The molecule has 0 aliphatic heterocycles. The number of anilines is 1. The van der Waals surface area contributed by atoms with Crippen molar-refractivity contribution in [2.45, 2.75) is 6.54 Å². The average Bonchev–Trinajstić information content (AvgIpc) is 3.06. The van der Waals surface area contributed by atoms with Crippen LogP contribution in [0.1, 0.15) is 21.5 Å². The van der Waals surface area contributed by atoms with E-state index in [0.717, 1.165) is 16.5 Å². The lowest BCUT2D eigenvalue weighted by molar-refractivity contribution is 0.102. The Kier molecular flexibility index (Phi) is 4.38. The second-order valence-electron chi connectivity index (χ2n) is 6.19. The predicted molar refractivity (Wildman–Crippen MR) is 104 cm³/mol. The smallest absolute Gasteiger partial charge is 0.255 e. The summed E-state index contributed by atoms with van der Waals surface area (Å²) < 4.78 is 2.05. The van der Waals surface area contributed by atoms with Crippen LogP contribution < -0.4 is 5.32 Å². The number of hydrogen-bond acceptors (Lipinski definition) is 3. The Morgan fingerprint density at radius 2 is 1.85 bits per heavy atom. The van der Waals surface area contributed by atoms with Crippen molar-refractivity contribution < 1.29 is 4.79 Å². The van der Waals surface area contributed by atoms with Crippen LogP contribution in [0.4, 0.5) is 5.69 Å². The van der Waals surface area contributed by atoms with Crippen LogP contribution in [0.3, 0.4) is 0 Å². The molecule has 0 saturated carbocycles. The van der Waals surface area contributed by atoms with E-state index >= 15 is 0 Å². The predicted octanol–water partition coefficient (Wildman–Crippen LogP) is 4.21. The summed E-state index contributed by atoms with van der Waals surface area (Å²) in [6, 6.07) is 21.3. The number of aromatic nitrogens is 2. The molecule has 0 saturated heterocycles. The third kappa shape index (κ3) is 3.42. The minimum Gasteiger partial charge on any atom is -0.342 e. The largest absolute Gasteiger partial charge is 0.342 e. The highest BCUT2D eigenvalue weighted by Crippen LogP contribution is 2.25. The van der Waals surface area contributed by atoms with Gasteiger partial charge in [0.05, 0.1) is 5.56 Å². The van der Waals surface area contributed by atoms with E-state index in [1.165, 1.54) is 0 Å². The monoisotopic (exact) mass is 352 g/mol. The van der Waals surface area contributed by atoms with E-state index in [-0.39, 0.29) is 5.91 Å². The minimum absolute atomic E-state index is 0.209. The van der Waals surface area contributed by atoms with Gasteiger partial charge in [0.15, 0.2) is 0 Å². The molecule has 2 heterocycles. The summed E-state index contributed by atoms with van der Waals surface area (Å²) in [5.41, 5.74) is 3.89. The van der Waals surface area contributed by atoms with Crippen molar-refractivity contribution in [2.75, 3.05) is 5.32 Å². The molecule has 4 rings (SSSR count). The molecule has 0 aliphatic rings. The summed E-state index contributed by atoms with van der Waals surface area (Å²) in [5.74, 6) is -0.209. The van der Waals surface area contributed by atoms with Crippen molar-refractivity contribution >= 4 is 22.5 Å². The first-order valence-corrected chi connectivity index (χ1v) is 8.53. The van der Waals surface area contributed by atoms with Gasteiger partial charge in [-0.25, -0.2) is 0 Å². The summed E-state index contributed by atoms with van der Waals surface area (Å²) in [6.45, 7) is 0.682. The van der Waals surface area contributed by atoms with E-state index in [2.05, 4.69) is 33.1 Å². The van der Waals surface area contributed by atoms with Crippen molar-refractivity contribution in [2.24, 2.45) is 0 Å². The molecule has 1 N–H and O–H groups in total. The van der Waals surface area contributed by atoms with Crippen LogP contribution in [0.5, 0.6) is 0 Å². The van der Waals surface area contributed by atoms with Crippen molar-refractivity contribution in [1.29, 1.82) is 5.26 Å². The zero-order valence-corrected chi connectivity index (χ0v) is 14.5. The number of carbonyl (C=O) groups excluding carboxylic acids is 1. The Morgan fingerprint density at radius 1 is 1.07 bits per heavy atom. The molecule has 0 atom stereocenters. The molecule has 2 aromatic carbocycles. The molecule has 27 heavy (non-hydrogen) atoms. The van der Waals surface area contributed by atoms with Gasteiger partial charge in [0.25, 0.3) is 5.91 Å². The molecule has 0 unspecified atom stereocenters. The number of pyridine rings is 1. The number of rotatable bonds is 4. The van der Waals surface area contributed by atoms with Gasteiger partial charge in [-0.3, -0.25) is 9.78 Å². The molecular weight excluding hydrogens is 336 g/mol. The van der Waals surface area contributed by atoms with Gasteiger partial charge in [-0.2, -0.15) is 5.26 Å². The molecule has 0 fully saturated rings. The summed E-state index contributed by atoms with van der Waals surface area (Å²) in [6.07, 6.45) is 5.01. The molecule has 130 valence electrons. The lowest BCUT2D eigenvalue weighted by Gasteiger charge is -2.08. The number of fused-ring (bicyclic) bond motifs is 1. The van der Waals surface area contributed by atoms with Gasteiger partial charge in [-0.1, -0.05) is 30.3 Å². The highest BCUT2D eigenvalue weighted by atomic mass is 16.1. The van der Waals surface area contributed by atoms with E-state index in [0.29, 0.717) is 23.4 Å². The third-order valence-corrected chi connectivity index (χ3v) is 4.40. The summed E-state index contributed by atoms with van der Waals surface area (Å²) in [5, 5.41) is 13.2. The van der Waals surface area contributed by atoms with Crippen LogP contribution >= 0.6 is 0 Å². The number of benzene rings is 2. The van der Waals surface area contributed by atoms with Crippen LogP contribution in [-0.2, 0) is 6.54 Å². The number of hydrogen-bond donors (Lipinski definition) is 1. The highest BCUT2D eigenvalue weighted by molar-refractivity contribution is 6.05. The fourth-order valence-corrected chi connectivity index (χ4v) is 3.08. The Balaban J connectivity index is 1.66. The summed E-state index contributed by atoms with van der Waals surface area (Å²) in [7, 11) is 0. The fourth-order valence-electron chi connectivity index (χ4n) is 3.08.